The molecule has 0 heterocycles. The summed E-state index contributed by atoms with van der Waals surface area (Å²) in [5, 5.41) is 3.11. The van der Waals surface area contributed by atoms with Crippen LogP contribution < -0.4 is 5.32 Å². The molecule has 2 aliphatic carbocycles. The molecule has 1 amide bonds. The summed E-state index contributed by atoms with van der Waals surface area (Å²) in [4.78, 5) is 11.2. The average molecular weight is 225 g/mol. The van der Waals surface area contributed by atoms with E-state index in [0.29, 0.717) is 12.1 Å². The number of carbonyl (C=O) groups is 1. The predicted octanol–water partition coefficient (Wildman–Crippen LogP) is 2.25. The van der Waals surface area contributed by atoms with Crippen LogP contribution in [0, 0.1) is 5.41 Å². The first-order valence-electron chi connectivity index (χ1n) is 6.58. The van der Waals surface area contributed by atoms with Gasteiger partial charge in [0.1, 0.15) is 0 Å². The van der Waals surface area contributed by atoms with Crippen LogP contribution in [0.1, 0.15) is 52.4 Å². The number of nitrogens with one attached hydrogen (secondary N) is 1. The Morgan fingerprint density at radius 2 is 2.06 bits per heavy atom. The van der Waals surface area contributed by atoms with Gasteiger partial charge in [-0.2, -0.15) is 0 Å². The smallest absolute Gasteiger partial charge is 0.217 e. The standard InChI is InChI=1S/C13H23NO2/c1-3-16-12-9-11(14-10(2)15)13(12)7-5-4-6-8-13/h11-12H,3-9H2,1-2H3,(H,14,15)/t11-,12-/m1/s1. The van der Waals surface area contributed by atoms with Crippen LogP contribution in [0.5, 0.6) is 0 Å². The molecule has 1 spiro atoms. The summed E-state index contributed by atoms with van der Waals surface area (Å²) in [5.74, 6) is 0.102. The first-order chi connectivity index (χ1) is 7.69. The van der Waals surface area contributed by atoms with Crippen LogP contribution in [-0.2, 0) is 9.53 Å². The summed E-state index contributed by atoms with van der Waals surface area (Å²) in [5.41, 5.74) is 0.264. The molecule has 0 aromatic heterocycles. The van der Waals surface area contributed by atoms with Crippen LogP contribution in [0.25, 0.3) is 0 Å². The van der Waals surface area contributed by atoms with E-state index in [0.717, 1.165) is 13.0 Å². The van der Waals surface area contributed by atoms with Gasteiger partial charge in [-0.3, -0.25) is 4.79 Å². The Morgan fingerprint density at radius 3 is 2.62 bits per heavy atom. The molecule has 0 aliphatic heterocycles. The number of amides is 1. The Balaban J connectivity index is 2.02. The summed E-state index contributed by atoms with van der Waals surface area (Å²) in [7, 11) is 0. The van der Waals surface area contributed by atoms with Crippen molar-refractivity contribution in [2.24, 2.45) is 5.41 Å². The molecule has 2 atom stereocenters. The summed E-state index contributed by atoms with van der Waals surface area (Å²) < 4.78 is 5.83. The maximum absolute atomic E-state index is 11.2. The topological polar surface area (TPSA) is 38.3 Å². The van der Waals surface area contributed by atoms with E-state index in [1.54, 1.807) is 6.92 Å². The van der Waals surface area contributed by atoms with E-state index in [2.05, 4.69) is 12.2 Å². The zero-order valence-corrected chi connectivity index (χ0v) is 10.4. The van der Waals surface area contributed by atoms with E-state index in [-0.39, 0.29) is 11.3 Å². The third-order valence-corrected chi connectivity index (χ3v) is 4.31. The van der Waals surface area contributed by atoms with Crippen LogP contribution in [0.2, 0.25) is 0 Å². The monoisotopic (exact) mass is 225 g/mol. The van der Waals surface area contributed by atoms with E-state index in [4.69, 9.17) is 4.74 Å². The van der Waals surface area contributed by atoms with Gasteiger partial charge in [0.2, 0.25) is 5.91 Å². The van der Waals surface area contributed by atoms with Gasteiger partial charge >= 0.3 is 0 Å². The minimum Gasteiger partial charge on any atom is -0.378 e. The van der Waals surface area contributed by atoms with Crippen LogP contribution >= 0.6 is 0 Å². The van der Waals surface area contributed by atoms with Gasteiger partial charge < -0.3 is 10.1 Å². The number of ether oxygens (including phenoxy) is 1. The van der Waals surface area contributed by atoms with Crippen molar-refractivity contribution >= 4 is 5.91 Å². The normalized spacial score (nSPS) is 32.1. The van der Waals surface area contributed by atoms with Gasteiger partial charge in [0.15, 0.2) is 0 Å². The Bertz CT molecular complexity index is 259. The highest BCUT2D eigenvalue weighted by Gasteiger charge is 2.55. The number of rotatable bonds is 3. The van der Waals surface area contributed by atoms with Gasteiger partial charge in [-0.15, -0.1) is 0 Å². The summed E-state index contributed by atoms with van der Waals surface area (Å²) in [6.45, 7) is 4.46. The molecule has 0 radical (unpaired) electrons. The van der Waals surface area contributed by atoms with Crippen LogP contribution in [-0.4, -0.2) is 24.7 Å². The molecule has 92 valence electrons. The van der Waals surface area contributed by atoms with Crippen molar-refractivity contribution in [3.63, 3.8) is 0 Å². The molecule has 0 aromatic rings. The van der Waals surface area contributed by atoms with Gasteiger partial charge in [0.25, 0.3) is 0 Å². The fourth-order valence-corrected chi connectivity index (χ4v) is 3.51. The molecular formula is C13H23NO2. The quantitative estimate of drug-likeness (QED) is 0.800. The SMILES string of the molecule is CCO[C@@H]1C[C@@H](NC(C)=O)C12CCCCC2. The molecule has 0 saturated heterocycles. The Kier molecular flexibility index (Phi) is 3.53. The van der Waals surface area contributed by atoms with Gasteiger partial charge in [-0.1, -0.05) is 19.3 Å². The highest BCUT2D eigenvalue weighted by atomic mass is 16.5. The van der Waals surface area contributed by atoms with Gasteiger partial charge in [-0.05, 0) is 26.2 Å². The Hall–Kier alpha value is -0.570. The van der Waals surface area contributed by atoms with Crippen molar-refractivity contribution in [3.8, 4) is 0 Å². The van der Waals surface area contributed by atoms with Crippen LogP contribution in [0.15, 0.2) is 0 Å². The largest absolute Gasteiger partial charge is 0.378 e. The molecular weight excluding hydrogens is 202 g/mol. The summed E-state index contributed by atoms with van der Waals surface area (Å²) >= 11 is 0. The lowest BCUT2D eigenvalue weighted by Gasteiger charge is -2.57. The van der Waals surface area contributed by atoms with Gasteiger partial charge in [0, 0.05) is 25.0 Å². The van der Waals surface area contributed by atoms with Crippen molar-refractivity contribution in [2.45, 2.75) is 64.5 Å². The Morgan fingerprint density at radius 1 is 1.38 bits per heavy atom. The van der Waals surface area contributed by atoms with Crippen molar-refractivity contribution in [2.75, 3.05) is 6.61 Å². The second-order valence-corrected chi connectivity index (χ2v) is 5.23. The highest BCUT2D eigenvalue weighted by Crippen LogP contribution is 2.53. The van der Waals surface area contributed by atoms with Crippen molar-refractivity contribution in [1.82, 2.24) is 5.32 Å². The second kappa shape index (κ2) is 4.74. The van der Waals surface area contributed by atoms with E-state index in [1.165, 1.54) is 32.1 Å². The highest BCUT2D eigenvalue weighted by molar-refractivity contribution is 5.73. The van der Waals surface area contributed by atoms with Crippen molar-refractivity contribution in [3.05, 3.63) is 0 Å². The fraction of sp³-hybridized carbons (Fsp3) is 0.923. The van der Waals surface area contributed by atoms with Crippen LogP contribution in [0.4, 0.5) is 0 Å². The number of hydrogen-bond acceptors (Lipinski definition) is 2. The molecule has 2 saturated carbocycles. The summed E-state index contributed by atoms with van der Waals surface area (Å²) in [6, 6.07) is 0.363. The van der Waals surface area contributed by atoms with Crippen molar-refractivity contribution in [1.29, 1.82) is 0 Å². The molecule has 2 aliphatic rings. The van der Waals surface area contributed by atoms with E-state index in [1.807, 2.05) is 0 Å². The first-order valence-corrected chi connectivity index (χ1v) is 6.58. The molecule has 2 fully saturated rings. The van der Waals surface area contributed by atoms with Crippen molar-refractivity contribution < 1.29 is 9.53 Å². The lowest BCUT2D eigenvalue weighted by molar-refractivity contribution is -0.156. The predicted molar refractivity (Wildman–Crippen MR) is 63.2 cm³/mol. The second-order valence-electron chi connectivity index (χ2n) is 5.23. The maximum Gasteiger partial charge on any atom is 0.217 e. The zero-order valence-electron chi connectivity index (χ0n) is 10.4. The summed E-state index contributed by atoms with van der Waals surface area (Å²) in [6.07, 6.45) is 7.76. The third-order valence-electron chi connectivity index (χ3n) is 4.31. The number of hydrogen-bond donors (Lipinski definition) is 1. The molecule has 1 N–H and O–H groups in total. The van der Waals surface area contributed by atoms with Crippen LogP contribution in [0.3, 0.4) is 0 Å². The maximum atomic E-state index is 11.2. The van der Waals surface area contributed by atoms with E-state index in [9.17, 15) is 4.79 Å². The molecule has 0 unspecified atom stereocenters. The minimum atomic E-state index is 0.102. The Labute approximate surface area is 97.9 Å². The molecule has 3 nitrogen and oxygen atoms in total. The molecule has 16 heavy (non-hydrogen) atoms. The zero-order chi connectivity index (χ0) is 11.6. The van der Waals surface area contributed by atoms with E-state index < -0.39 is 0 Å². The first kappa shape index (κ1) is 11.9. The molecule has 3 heteroatoms. The lowest BCUT2D eigenvalue weighted by atomic mass is 9.55. The molecule has 0 aromatic carbocycles. The lowest BCUT2D eigenvalue weighted by Crippen LogP contribution is -2.65. The molecule has 0 bridgehead atoms. The number of carbonyl (C=O) groups excluding carboxylic acids is 1. The van der Waals surface area contributed by atoms with Gasteiger partial charge in [-0.25, -0.2) is 0 Å². The van der Waals surface area contributed by atoms with E-state index >= 15 is 0 Å². The fourth-order valence-electron chi connectivity index (χ4n) is 3.51. The minimum absolute atomic E-state index is 0.102. The third kappa shape index (κ3) is 1.97. The van der Waals surface area contributed by atoms with Gasteiger partial charge in [0.05, 0.1) is 6.10 Å². The molecule has 2 rings (SSSR count). The average Bonchev–Trinajstić information content (AvgIpc) is 2.28.